The second kappa shape index (κ2) is 4.83. The Bertz CT molecular complexity index is 221. The second-order valence-corrected chi connectivity index (χ2v) is 3.96. The maximum absolute atomic E-state index is 11.3. The van der Waals surface area contributed by atoms with E-state index in [2.05, 4.69) is 5.32 Å². The van der Waals surface area contributed by atoms with Gasteiger partial charge in [0, 0.05) is 19.6 Å². The van der Waals surface area contributed by atoms with Gasteiger partial charge in [0.15, 0.2) is 6.61 Å². The lowest BCUT2D eigenvalue weighted by Crippen LogP contribution is -2.43. The summed E-state index contributed by atoms with van der Waals surface area (Å²) in [5.41, 5.74) is -0.306. The van der Waals surface area contributed by atoms with Gasteiger partial charge in [-0.1, -0.05) is 0 Å². The van der Waals surface area contributed by atoms with Crippen molar-refractivity contribution in [1.29, 1.82) is 0 Å². The Morgan fingerprint density at radius 2 is 1.86 bits per heavy atom. The molecule has 0 heterocycles. The Hall–Kier alpha value is -1.26. The van der Waals surface area contributed by atoms with E-state index >= 15 is 0 Å². The molecule has 0 aromatic heterocycles. The first-order valence-corrected chi connectivity index (χ1v) is 4.40. The predicted molar refractivity (Wildman–Crippen MR) is 52.9 cm³/mol. The minimum atomic E-state index is -0.499. The van der Waals surface area contributed by atoms with Crippen LogP contribution in [0.1, 0.15) is 20.8 Å². The highest BCUT2D eigenvalue weighted by Gasteiger charge is 2.23. The first-order chi connectivity index (χ1) is 6.29. The highest BCUT2D eigenvalue weighted by atomic mass is 16.6. The fourth-order valence-electron chi connectivity index (χ4n) is 0.570. The monoisotopic (exact) mass is 202 g/mol. The highest BCUT2D eigenvalue weighted by Crippen LogP contribution is 2.11. The lowest BCUT2D eigenvalue weighted by Gasteiger charge is -2.30. The maximum atomic E-state index is 11.3. The molecule has 0 aromatic rings. The molecule has 0 atom stereocenters. The van der Waals surface area contributed by atoms with Gasteiger partial charge in [0.25, 0.3) is 5.91 Å². The van der Waals surface area contributed by atoms with Crippen molar-refractivity contribution in [3.05, 3.63) is 0 Å². The van der Waals surface area contributed by atoms with Gasteiger partial charge in [-0.05, 0) is 20.8 Å². The molecular weight excluding hydrogens is 184 g/mol. The molecule has 0 bridgehead atoms. The highest BCUT2D eigenvalue weighted by molar-refractivity contribution is 5.79. The van der Waals surface area contributed by atoms with Crippen molar-refractivity contribution in [2.24, 2.45) is 0 Å². The Labute approximate surface area is 84.4 Å². The third-order valence-electron chi connectivity index (χ3n) is 1.89. The van der Waals surface area contributed by atoms with Gasteiger partial charge < -0.3 is 15.0 Å². The number of carbonyl (C=O) groups excluding carboxylic acids is 2. The molecule has 0 spiro atoms. The maximum Gasteiger partial charge on any atom is 0.410 e. The molecule has 0 aliphatic heterocycles. The number of amides is 2. The van der Waals surface area contributed by atoms with E-state index in [4.69, 9.17) is 4.74 Å². The fraction of sp³-hybridized carbons (Fsp3) is 0.778. The van der Waals surface area contributed by atoms with E-state index in [9.17, 15) is 9.59 Å². The zero-order valence-electron chi connectivity index (χ0n) is 9.38. The van der Waals surface area contributed by atoms with Crippen molar-refractivity contribution in [2.45, 2.75) is 26.3 Å². The van der Waals surface area contributed by atoms with Gasteiger partial charge in [-0.25, -0.2) is 4.79 Å². The number of nitrogens with one attached hydrogen (secondary N) is 1. The molecule has 0 aliphatic rings. The molecule has 0 fully saturated rings. The summed E-state index contributed by atoms with van der Waals surface area (Å²) in [6.45, 7) is 5.41. The van der Waals surface area contributed by atoms with Crippen LogP contribution in [0.25, 0.3) is 0 Å². The van der Waals surface area contributed by atoms with Crippen LogP contribution in [-0.4, -0.2) is 43.1 Å². The third-order valence-corrected chi connectivity index (χ3v) is 1.89. The Morgan fingerprint density at radius 1 is 1.36 bits per heavy atom. The molecular formula is C9H18N2O3. The zero-order chi connectivity index (χ0) is 11.4. The number of hydrogen-bond donors (Lipinski definition) is 1. The summed E-state index contributed by atoms with van der Waals surface area (Å²) < 4.78 is 4.76. The second-order valence-electron chi connectivity index (χ2n) is 3.96. The Morgan fingerprint density at radius 3 is 2.21 bits per heavy atom. The lowest BCUT2D eigenvalue weighted by atomic mass is 10.1. The van der Waals surface area contributed by atoms with Crippen LogP contribution in [0.15, 0.2) is 0 Å². The zero-order valence-corrected chi connectivity index (χ0v) is 9.38. The van der Waals surface area contributed by atoms with Crippen molar-refractivity contribution in [2.75, 3.05) is 20.7 Å². The van der Waals surface area contributed by atoms with Crippen LogP contribution in [0.5, 0.6) is 0 Å². The molecule has 5 nitrogen and oxygen atoms in total. The molecule has 5 heteroatoms. The van der Waals surface area contributed by atoms with Gasteiger partial charge in [-0.2, -0.15) is 0 Å². The fourth-order valence-corrected chi connectivity index (χ4v) is 0.570. The molecule has 0 saturated heterocycles. The largest absolute Gasteiger partial charge is 0.439 e. The number of ether oxygens (including phenoxy) is 1. The summed E-state index contributed by atoms with van der Waals surface area (Å²) in [5.74, 6) is -0.319. The lowest BCUT2D eigenvalue weighted by molar-refractivity contribution is -0.123. The minimum Gasteiger partial charge on any atom is -0.439 e. The van der Waals surface area contributed by atoms with Crippen LogP contribution in [0.2, 0.25) is 0 Å². The normalized spacial score (nSPS) is 10.6. The predicted octanol–water partition coefficient (Wildman–Crippen LogP) is 0.599. The van der Waals surface area contributed by atoms with Gasteiger partial charge in [0.2, 0.25) is 0 Å². The molecule has 0 rings (SSSR count). The van der Waals surface area contributed by atoms with Gasteiger partial charge in [0.1, 0.15) is 0 Å². The van der Waals surface area contributed by atoms with E-state index in [0.717, 1.165) is 0 Å². The number of carbonyl (C=O) groups is 2. The van der Waals surface area contributed by atoms with E-state index < -0.39 is 6.09 Å². The molecule has 14 heavy (non-hydrogen) atoms. The molecule has 0 aliphatic carbocycles. The molecule has 0 unspecified atom stereocenters. The molecule has 82 valence electrons. The molecule has 0 radical (unpaired) electrons. The van der Waals surface area contributed by atoms with E-state index in [1.807, 2.05) is 20.8 Å². The third kappa shape index (κ3) is 4.11. The quantitative estimate of drug-likeness (QED) is 0.713. The van der Waals surface area contributed by atoms with Crippen LogP contribution in [0, 0.1) is 0 Å². The average molecular weight is 202 g/mol. The van der Waals surface area contributed by atoms with Gasteiger partial charge in [-0.3, -0.25) is 4.79 Å². The van der Waals surface area contributed by atoms with E-state index in [1.54, 1.807) is 7.05 Å². The standard InChI is InChI=1S/C9H18N2O3/c1-9(2,3)11(5)8(13)14-6-7(12)10-4/h6H2,1-5H3,(H,10,12). The number of rotatable bonds is 2. The average Bonchev–Trinajstić information content (AvgIpc) is 2.10. The van der Waals surface area contributed by atoms with Crippen LogP contribution in [-0.2, 0) is 9.53 Å². The Kier molecular flexibility index (Phi) is 4.40. The van der Waals surface area contributed by atoms with E-state index in [-0.39, 0.29) is 18.1 Å². The van der Waals surface area contributed by atoms with Crippen molar-refractivity contribution >= 4 is 12.0 Å². The van der Waals surface area contributed by atoms with Crippen molar-refractivity contribution in [3.8, 4) is 0 Å². The molecule has 0 saturated carbocycles. The van der Waals surface area contributed by atoms with Crippen molar-refractivity contribution in [1.82, 2.24) is 10.2 Å². The topological polar surface area (TPSA) is 58.6 Å². The summed E-state index contributed by atoms with van der Waals surface area (Å²) >= 11 is 0. The van der Waals surface area contributed by atoms with Crippen molar-refractivity contribution in [3.63, 3.8) is 0 Å². The number of nitrogens with zero attached hydrogens (tertiary/aromatic N) is 1. The summed E-state index contributed by atoms with van der Waals surface area (Å²) in [6, 6.07) is 0. The Balaban J connectivity index is 4.04. The first kappa shape index (κ1) is 12.7. The van der Waals surface area contributed by atoms with Crippen LogP contribution < -0.4 is 5.32 Å². The summed E-state index contributed by atoms with van der Waals surface area (Å²) in [6.07, 6.45) is -0.499. The summed E-state index contributed by atoms with van der Waals surface area (Å²) in [7, 11) is 3.12. The molecule has 1 N–H and O–H groups in total. The molecule has 2 amide bonds. The van der Waals surface area contributed by atoms with Gasteiger partial charge in [0.05, 0.1) is 0 Å². The number of likely N-dealkylation sites (N-methyl/N-ethyl adjacent to an activating group) is 1. The molecule has 0 aromatic carbocycles. The van der Waals surface area contributed by atoms with E-state index in [0.29, 0.717) is 0 Å². The smallest absolute Gasteiger partial charge is 0.410 e. The van der Waals surface area contributed by atoms with Crippen molar-refractivity contribution < 1.29 is 14.3 Å². The number of hydrogen-bond acceptors (Lipinski definition) is 3. The first-order valence-electron chi connectivity index (χ1n) is 4.40. The van der Waals surface area contributed by atoms with Crippen LogP contribution in [0.4, 0.5) is 4.79 Å². The minimum absolute atomic E-state index is 0.240. The summed E-state index contributed by atoms with van der Waals surface area (Å²) in [5, 5.41) is 2.36. The van der Waals surface area contributed by atoms with Gasteiger partial charge >= 0.3 is 6.09 Å². The SMILES string of the molecule is CNC(=O)COC(=O)N(C)C(C)(C)C. The van der Waals surface area contributed by atoms with Crippen LogP contribution in [0.3, 0.4) is 0 Å². The summed E-state index contributed by atoms with van der Waals surface area (Å²) in [4.78, 5) is 23.6. The van der Waals surface area contributed by atoms with Crippen LogP contribution >= 0.6 is 0 Å². The van der Waals surface area contributed by atoms with E-state index in [1.165, 1.54) is 11.9 Å². The van der Waals surface area contributed by atoms with Gasteiger partial charge in [-0.15, -0.1) is 0 Å².